The largest absolute Gasteiger partial charge is 0.292 e. The summed E-state index contributed by atoms with van der Waals surface area (Å²) in [5.74, 6) is 0.00694. The summed E-state index contributed by atoms with van der Waals surface area (Å²) in [7, 11) is 0. The molecule has 3 heteroatoms. The lowest BCUT2D eigenvalue weighted by Gasteiger charge is -2.04. The van der Waals surface area contributed by atoms with Crippen LogP contribution in [0.5, 0.6) is 0 Å². The summed E-state index contributed by atoms with van der Waals surface area (Å²) in [5, 5.41) is 0. The highest BCUT2D eigenvalue weighted by Gasteiger charge is 2.09. The monoisotopic (exact) mass is 240 g/mol. The lowest BCUT2D eigenvalue weighted by molar-refractivity contribution is 0.0988. The number of ketones is 1. The lowest BCUT2D eigenvalue weighted by Crippen LogP contribution is -2.07. The van der Waals surface area contributed by atoms with Gasteiger partial charge in [0.2, 0.25) is 0 Å². The van der Waals surface area contributed by atoms with E-state index in [2.05, 4.69) is 16.0 Å². The lowest BCUT2D eigenvalue weighted by atomic mass is 10.0. The molecule has 0 saturated heterocycles. The van der Waals surface area contributed by atoms with Gasteiger partial charge in [0, 0.05) is 12.6 Å². The van der Waals surface area contributed by atoms with Crippen LogP contribution >= 0.6 is 0 Å². The fourth-order valence-corrected chi connectivity index (χ4v) is 1.98. The third-order valence-corrected chi connectivity index (χ3v) is 2.71. The van der Waals surface area contributed by atoms with Gasteiger partial charge in [0.25, 0.3) is 0 Å². The maximum absolute atomic E-state index is 12.0. The normalized spacial score (nSPS) is 10.4. The molecular formula is C15H16N2O. The van der Waals surface area contributed by atoms with Crippen LogP contribution in [0, 0.1) is 20.8 Å². The van der Waals surface area contributed by atoms with Crippen molar-refractivity contribution in [2.45, 2.75) is 27.2 Å². The van der Waals surface area contributed by atoms with Crippen molar-refractivity contribution in [1.82, 2.24) is 9.97 Å². The predicted molar refractivity (Wildman–Crippen MR) is 70.7 cm³/mol. The van der Waals surface area contributed by atoms with Crippen molar-refractivity contribution in [3.8, 4) is 0 Å². The van der Waals surface area contributed by atoms with E-state index in [4.69, 9.17) is 0 Å². The fourth-order valence-electron chi connectivity index (χ4n) is 1.98. The van der Waals surface area contributed by atoms with Crippen LogP contribution in [0.2, 0.25) is 0 Å². The SMILES string of the molecule is Cc1cc(C)cc(CC(=O)c2cnc(C)cn2)c1. The van der Waals surface area contributed by atoms with Gasteiger partial charge in [-0.1, -0.05) is 29.3 Å². The molecule has 1 heterocycles. The number of carbonyl (C=O) groups excluding carboxylic acids is 1. The number of hydrogen-bond acceptors (Lipinski definition) is 3. The van der Waals surface area contributed by atoms with Crippen molar-refractivity contribution in [2.24, 2.45) is 0 Å². The summed E-state index contributed by atoms with van der Waals surface area (Å²) < 4.78 is 0. The van der Waals surface area contributed by atoms with Crippen LogP contribution in [-0.2, 0) is 6.42 Å². The second-order valence-corrected chi connectivity index (χ2v) is 4.64. The van der Waals surface area contributed by atoms with Gasteiger partial charge in [0.15, 0.2) is 5.78 Å². The zero-order valence-electron chi connectivity index (χ0n) is 10.9. The van der Waals surface area contributed by atoms with E-state index in [0.717, 1.165) is 11.3 Å². The molecule has 0 aliphatic rings. The van der Waals surface area contributed by atoms with Crippen molar-refractivity contribution >= 4 is 5.78 Å². The standard InChI is InChI=1S/C15H16N2O/c1-10-4-11(2)6-13(5-10)7-15(18)14-9-16-12(3)8-17-14/h4-6,8-9H,7H2,1-3H3. The number of carbonyl (C=O) groups is 1. The van der Waals surface area contributed by atoms with E-state index in [1.807, 2.05) is 32.9 Å². The minimum absolute atomic E-state index is 0.00694. The second-order valence-electron chi connectivity index (χ2n) is 4.64. The molecule has 0 amide bonds. The van der Waals surface area contributed by atoms with Gasteiger partial charge < -0.3 is 0 Å². The molecule has 0 spiro atoms. The summed E-state index contributed by atoms with van der Waals surface area (Å²) >= 11 is 0. The second kappa shape index (κ2) is 5.08. The summed E-state index contributed by atoms with van der Waals surface area (Å²) in [4.78, 5) is 20.2. The van der Waals surface area contributed by atoms with E-state index in [1.54, 1.807) is 12.4 Å². The Hall–Kier alpha value is -2.03. The van der Waals surface area contributed by atoms with E-state index in [-0.39, 0.29) is 5.78 Å². The Bertz CT molecular complexity index is 553. The Morgan fingerprint density at radius 3 is 2.22 bits per heavy atom. The fraction of sp³-hybridized carbons (Fsp3) is 0.267. The van der Waals surface area contributed by atoms with Gasteiger partial charge >= 0.3 is 0 Å². The van der Waals surface area contributed by atoms with Crippen LogP contribution in [0.3, 0.4) is 0 Å². The van der Waals surface area contributed by atoms with Gasteiger partial charge in [-0.05, 0) is 26.3 Å². The highest BCUT2D eigenvalue weighted by Crippen LogP contribution is 2.11. The molecule has 0 atom stereocenters. The first-order valence-electron chi connectivity index (χ1n) is 5.93. The van der Waals surface area contributed by atoms with E-state index >= 15 is 0 Å². The zero-order chi connectivity index (χ0) is 13.1. The molecule has 18 heavy (non-hydrogen) atoms. The number of aryl methyl sites for hydroxylation is 3. The molecule has 2 aromatic rings. The first kappa shape index (κ1) is 12.4. The Morgan fingerprint density at radius 2 is 1.67 bits per heavy atom. The molecular weight excluding hydrogens is 224 g/mol. The van der Waals surface area contributed by atoms with Crippen molar-refractivity contribution in [1.29, 1.82) is 0 Å². The number of nitrogens with zero attached hydrogens (tertiary/aromatic N) is 2. The third kappa shape index (κ3) is 3.00. The smallest absolute Gasteiger partial charge is 0.187 e. The van der Waals surface area contributed by atoms with Crippen LogP contribution in [-0.4, -0.2) is 15.8 Å². The molecule has 1 aromatic carbocycles. The van der Waals surface area contributed by atoms with Crippen LogP contribution < -0.4 is 0 Å². The molecule has 2 rings (SSSR count). The highest BCUT2D eigenvalue weighted by atomic mass is 16.1. The van der Waals surface area contributed by atoms with Gasteiger partial charge in [-0.15, -0.1) is 0 Å². The Kier molecular flexibility index (Phi) is 3.51. The first-order valence-corrected chi connectivity index (χ1v) is 5.93. The van der Waals surface area contributed by atoms with E-state index < -0.39 is 0 Å². The van der Waals surface area contributed by atoms with Crippen LogP contribution in [0.15, 0.2) is 30.6 Å². The van der Waals surface area contributed by atoms with Gasteiger partial charge in [-0.3, -0.25) is 9.78 Å². The molecule has 0 fully saturated rings. The van der Waals surface area contributed by atoms with Crippen molar-refractivity contribution in [3.63, 3.8) is 0 Å². The average molecular weight is 240 g/mol. The molecule has 0 unspecified atom stereocenters. The third-order valence-electron chi connectivity index (χ3n) is 2.71. The Morgan fingerprint density at radius 1 is 1.00 bits per heavy atom. The molecule has 1 aromatic heterocycles. The zero-order valence-corrected chi connectivity index (χ0v) is 10.9. The minimum Gasteiger partial charge on any atom is -0.292 e. The van der Waals surface area contributed by atoms with Gasteiger partial charge in [0.1, 0.15) is 5.69 Å². The molecule has 92 valence electrons. The van der Waals surface area contributed by atoms with Crippen molar-refractivity contribution in [2.75, 3.05) is 0 Å². The average Bonchev–Trinajstić information content (AvgIpc) is 2.28. The summed E-state index contributed by atoms with van der Waals surface area (Å²) in [6.07, 6.45) is 3.54. The molecule has 0 bridgehead atoms. The number of rotatable bonds is 3. The van der Waals surface area contributed by atoms with Crippen LogP contribution in [0.25, 0.3) is 0 Å². The maximum atomic E-state index is 12.0. The molecule has 0 aliphatic heterocycles. The van der Waals surface area contributed by atoms with Crippen molar-refractivity contribution in [3.05, 3.63) is 58.7 Å². The molecule has 0 saturated carbocycles. The van der Waals surface area contributed by atoms with Crippen LogP contribution in [0.4, 0.5) is 0 Å². The van der Waals surface area contributed by atoms with Crippen molar-refractivity contribution < 1.29 is 4.79 Å². The minimum atomic E-state index is 0.00694. The maximum Gasteiger partial charge on any atom is 0.187 e. The number of benzene rings is 1. The first-order chi connectivity index (χ1) is 8.54. The number of Topliss-reactive ketones (excluding diaryl/α,β-unsaturated/α-hetero) is 1. The quantitative estimate of drug-likeness (QED) is 0.775. The van der Waals surface area contributed by atoms with E-state index in [9.17, 15) is 4.79 Å². The van der Waals surface area contributed by atoms with E-state index in [0.29, 0.717) is 12.1 Å². The molecule has 0 aliphatic carbocycles. The van der Waals surface area contributed by atoms with Gasteiger partial charge in [-0.2, -0.15) is 0 Å². The summed E-state index contributed by atoms with van der Waals surface area (Å²) in [5.41, 5.74) is 4.62. The molecule has 3 nitrogen and oxygen atoms in total. The summed E-state index contributed by atoms with van der Waals surface area (Å²) in [6, 6.07) is 6.17. The predicted octanol–water partition coefficient (Wildman–Crippen LogP) is 2.83. The number of aromatic nitrogens is 2. The topological polar surface area (TPSA) is 42.9 Å². The van der Waals surface area contributed by atoms with Crippen LogP contribution in [0.1, 0.15) is 32.9 Å². The molecule has 0 radical (unpaired) electrons. The van der Waals surface area contributed by atoms with E-state index in [1.165, 1.54) is 11.1 Å². The van der Waals surface area contributed by atoms with Gasteiger partial charge in [-0.25, -0.2) is 4.98 Å². The Labute approximate surface area is 107 Å². The summed E-state index contributed by atoms with van der Waals surface area (Å²) in [6.45, 7) is 5.92. The molecule has 0 N–H and O–H groups in total. The number of hydrogen-bond donors (Lipinski definition) is 0. The Balaban J connectivity index is 2.18. The highest BCUT2D eigenvalue weighted by molar-refractivity contribution is 5.95. The van der Waals surface area contributed by atoms with Gasteiger partial charge in [0.05, 0.1) is 11.9 Å².